The van der Waals surface area contributed by atoms with Crippen molar-refractivity contribution in [2.24, 2.45) is 0 Å². The van der Waals surface area contributed by atoms with Gasteiger partial charge in [0, 0.05) is 32.2 Å². The fraction of sp³-hybridized carbons (Fsp3) is 1.00. The first-order valence-electron chi connectivity index (χ1n) is 5.40. The Labute approximate surface area is 84.6 Å². The number of ether oxygens (including phenoxy) is 2. The third kappa shape index (κ3) is 2.67. The smallest absolute Gasteiger partial charge is 0.103 e. The van der Waals surface area contributed by atoms with E-state index in [4.69, 9.17) is 9.47 Å². The summed E-state index contributed by atoms with van der Waals surface area (Å²) in [6.45, 7) is 3.43. The third-order valence-corrected chi connectivity index (χ3v) is 2.96. The molecule has 2 atom stereocenters. The van der Waals surface area contributed by atoms with Crippen LogP contribution in [0.25, 0.3) is 0 Å². The molecule has 2 aliphatic rings. The van der Waals surface area contributed by atoms with Gasteiger partial charge in [-0.3, -0.25) is 0 Å². The van der Waals surface area contributed by atoms with Crippen LogP contribution in [-0.4, -0.2) is 49.7 Å². The van der Waals surface area contributed by atoms with Gasteiger partial charge in [-0.2, -0.15) is 0 Å². The lowest BCUT2D eigenvalue weighted by atomic mass is 10.0. The molecule has 0 aromatic rings. The summed E-state index contributed by atoms with van der Waals surface area (Å²) in [4.78, 5) is 0. The standard InChI is InChI=1S/C10H19NO3/c12-10(3-5-14-8-10)7-11-9-2-1-4-13-6-9/h9,11-12H,1-8H2. The Kier molecular flexibility index (Phi) is 3.38. The largest absolute Gasteiger partial charge is 0.386 e. The van der Waals surface area contributed by atoms with E-state index in [1.165, 1.54) is 0 Å². The molecule has 0 bridgehead atoms. The predicted molar refractivity (Wildman–Crippen MR) is 52.2 cm³/mol. The van der Waals surface area contributed by atoms with Crippen LogP contribution in [0, 0.1) is 0 Å². The Bertz CT molecular complexity index is 174. The zero-order chi connectivity index (χ0) is 9.86. The summed E-state index contributed by atoms with van der Waals surface area (Å²) in [5.41, 5.74) is -0.641. The molecular formula is C10H19NO3. The van der Waals surface area contributed by atoms with Crippen LogP contribution in [0.5, 0.6) is 0 Å². The molecule has 2 fully saturated rings. The van der Waals surface area contributed by atoms with Crippen molar-refractivity contribution < 1.29 is 14.6 Å². The van der Waals surface area contributed by atoms with E-state index in [-0.39, 0.29) is 0 Å². The van der Waals surface area contributed by atoms with E-state index in [9.17, 15) is 5.11 Å². The van der Waals surface area contributed by atoms with Gasteiger partial charge >= 0.3 is 0 Å². The maximum absolute atomic E-state index is 9.99. The molecule has 2 N–H and O–H groups in total. The highest BCUT2D eigenvalue weighted by atomic mass is 16.5. The molecule has 0 aromatic carbocycles. The van der Waals surface area contributed by atoms with E-state index in [0.29, 0.717) is 25.8 Å². The van der Waals surface area contributed by atoms with Gasteiger partial charge in [0.25, 0.3) is 0 Å². The average molecular weight is 201 g/mol. The molecule has 2 heterocycles. The molecule has 2 aliphatic heterocycles. The van der Waals surface area contributed by atoms with Gasteiger partial charge < -0.3 is 19.9 Å². The molecule has 0 amide bonds. The summed E-state index contributed by atoms with van der Waals surface area (Å²) in [7, 11) is 0. The zero-order valence-electron chi connectivity index (χ0n) is 8.50. The lowest BCUT2D eigenvalue weighted by molar-refractivity contribution is 0.0139. The topological polar surface area (TPSA) is 50.7 Å². The Morgan fingerprint density at radius 3 is 2.93 bits per heavy atom. The van der Waals surface area contributed by atoms with Crippen LogP contribution in [-0.2, 0) is 9.47 Å². The third-order valence-electron chi connectivity index (χ3n) is 2.96. The van der Waals surface area contributed by atoms with E-state index >= 15 is 0 Å². The van der Waals surface area contributed by atoms with Crippen LogP contribution in [0.4, 0.5) is 0 Å². The lowest BCUT2D eigenvalue weighted by Crippen LogP contribution is -2.47. The van der Waals surface area contributed by atoms with Crippen LogP contribution in [0.15, 0.2) is 0 Å². The first-order valence-corrected chi connectivity index (χ1v) is 5.40. The quantitative estimate of drug-likeness (QED) is 0.670. The maximum Gasteiger partial charge on any atom is 0.103 e. The normalized spacial score (nSPS) is 38.8. The van der Waals surface area contributed by atoms with Crippen LogP contribution in [0.1, 0.15) is 19.3 Å². The summed E-state index contributed by atoms with van der Waals surface area (Å²) in [6, 6.07) is 0.411. The first-order chi connectivity index (χ1) is 6.79. The molecule has 14 heavy (non-hydrogen) atoms. The number of nitrogens with one attached hydrogen (secondary N) is 1. The molecule has 82 valence electrons. The predicted octanol–water partition coefficient (Wildman–Crippen LogP) is -0.0936. The first kappa shape index (κ1) is 10.4. The molecule has 0 saturated carbocycles. The minimum Gasteiger partial charge on any atom is -0.386 e. The van der Waals surface area contributed by atoms with E-state index in [0.717, 1.165) is 32.5 Å². The Morgan fingerprint density at radius 1 is 1.36 bits per heavy atom. The summed E-state index contributed by atoms with van der Waals surface area (Å²) >= 11 is 0. The monoisotopic (exact) mass is 201 g/mol. The van der Waals surface area contributed by atoms with Gasteiger partial charge in [0.15, 0.2) is 0 Å². The second kappa shape index (κ2) is 4.57. The minimum absolute atomic E-state index is 0.411. The molecule has 4 nitrogen and oxygen atoms in total. The van der Waals surface area contributed by atoms with Gasteiger partial charge in [-0.25, -0.2) is 0 Å². The molecule has 2 rings (SSSR count). The number of hydrogen-bond donors (Lipinski definition) is 2. The molecule has 0 aromatic heterocycles. The minimum atomic E-state index is -0.641. The van der Waals surface area contributed by atoms with E-state index < -0.39 is 5.60 Å². The van der Waals surface area contributed by atoms with Crippen LogP contribution < -0.4 is 5.32 Å². The Hall–Kier alpha value is -0.160. The van der Waals surface area contributed by atoms with E-state index in [2.05, 4.69) is 5.32 Å². The fourth-order valence-corrected chi connectivity index (χ4v) is 1.97. The summed E-state index contributed by atoms with van der Waals surface area (Å²) in [6.07, 6.45) is 3.01. The molecule has 0 aliphatic carbocycles. The van der Waals surface area contributed by atoms with Crippen molar-refractivity contribution in [3.63, 3.8) is 0 Å². The van der Waals surface area contributed by atoms with Crippen LogP contribution in [0.2, 0.25) is 0 Å². The van der Waals surface area contributed by atoms with Gasteiger partial charge in [-0.05, 0) is 12.8 Å². The maximum atomic E-state index is 9.99. The van der Waals surface area contributed by atoms with Crippen molar-refractivity contribution in [3.05, 3.63) is 0 Å². The van der Waals surface area contributed by atoms with Gasteiger partial charge in [0.05, 0.1) is 13.2 Å². The summed E-state index contributed by atoms with van der Waals surface area (Å²) in [5, 5.41) is 13.3. The highest BCUT2D eigenvalue weighted by Crippen LogP contribution is 2.17. The van der Waals surface area contributed by atoms with Gasteiger partial charge in [-0.1, -0.05) is 0 Å². The SMILES string of the molecule is OC1(CNC2CCCOC2)CCOC1. The number of hydrogen-bond acceptors (Lipinski definition) is 4. The van der Waals surface area contributed by atoms with Crippen molar-refractivity contribution in [2.45, 2.75) is 30.9 Å². The highest BCUT2D eigenvalue weighted by Gasteiger charge is 2.32. The zero-order valence-corrected chi connectivity index (χ0v) is 8.50. The lowest BCUT2D eigenvalue weighted by Gasteiger charge is -2.27. The van der Waals surface area contributed by atoms with Crippen LogP contribution in [0.3, 0.4) is 0 Å². The summed E-state index contributed by atoms with van der Waals surface area (Å²) in [5.74, 6) is 0. The molecule has 2 unspecified atom stereocenters. The Balaban J connectivity index is 1.70. The van der Waals surface area contributed by atoms with Gasteiger partial charge in [0.2, 0.25) is 0 Å². The van der Waals surface area contributed by atoms with Crippen molar-refractivity contribution in [3.8, 4) is 0 Å². The van der Waals surface area contributed by atoms with Crippen LogP contribution >= 0.6 is 0 Å². The van der Waals surface area contributed by atoms with Gasteiger partial charge in [-0.15, -0.1) is 0 Å². The van der Waals surface area contributed by atoms with Crippen molar-refractivity contribution in [1.29, 1.82) is 0 Å². The van der Waals surface area contributed by atoms with Crippen molar-refractivity contribution >= 4 is 0 Å². The molecular weight excluding hydrogens is 182 g/mol. The number of aliphatic hydroxyl groups is 1. The molecule has 0 radical (unpaired) electrons. The summed E-state index contributed by atoms with van der Waals surface area (Å²) < 4.78 is 10.5. The molecule has 0 spiro atoms. The number of rotatable bonds is 3. The molecule has 4 heteroatoms. The second-order valence-electron chi connectivity index (χ2n) is 4.32. The second-order valence-corrected chi connectivity index (χ2v) is 4.32. The van der Waals surface area contributed by atoms with Gasteiger partial charge in [0.1, 0.15) is 5.60 Å². The average Bonchev–Trinajstić information content (AvgIpc) is 2.65. The highest BCUT2D eigenvalue weighted by molar-refractivity contribution is 4.86. The van der Waals surface area contributed by atoms with Crippen molar-refractivity contribution in [1.82, 2.24) is 5.32 Å². The Morgan fingerprint density at radius 2 is 2.29 bits per heavy atom. The van der Waals surface area contributed by atoms with E-state index in [1.54, 1.807) is 0 Å². The van der Waals surface area contributed by atoms with E-state index in [1.807, 2.05) is 0 Å². The van der Waals surface area contributed by atoms with Crippen molar-refractivity contribution in [2.75, 3.05) is 33.0 Å². The molecule has 2 saturated heterocycles. The fourth-order valence-electron chi connectivity index (χ4n) is 1.97.